The van der Waals surface area contributed by atoms with Crippen LogP contribution in [0.1, 0.15) is 36.6 Å². The van der Waals surface area contributed by atoms with Crippen molar-refractivity contribution in [2.75, 3.05) is 10.6 Å². The Hall–Kier alpha value is -3.70. The molecule has 4 aromatic rings. The molecule has 0 unspecified atom stereocenters. The normalized spacial score (nSPS) is 10.9. The number of nitrogens with zero attached hydrogens (tertiary/aromatic N) is 2. The van der Waals surface area contributed by atoms with Crippen LogP contribution in [0.4, 0.5) is 16.2 Å². The summed E-state index contributed by atoms with van der Waals surface area (Å²) in [6, 6.07) is 22.9. The van der Waals surface area contributed by atoms with E-state index in [0.717, 1.165) is 27.9 Å². The Bertz CT molecular complexity index is 1340. The number of halogens is 1. The van der Waals surface area contributed by atoms with Gasteiger partial charge in [0.25, 0.3) is 0 Å². The molecule has 0 radical (unpaired) electrons. The fourth-order valence-corrected chi connectivity index (χ4v) is 4.11. The van der Waals surface area contributed by atoms with E-state index in [1.54, 1.807) is 0 Å². The lowest BCUT2D eigenvalue weighted by molar-refractivity contribution is 0.262. The van der Waals surface area contributed by atoms with Gasteiger partial charge in [0.05, 0.1) is 22.1 Å². The van der Waals surface area contributed by atoms with Gasteiger partial charge in [-0.3, -0.25) is 0 Å². The molecule has 0 aliphatic carbocycles. The Morgan fingerprint density at radius 1 is 0.824 bits per heavy atom. The van der Waals surface area contributed by atoms with Crippen LogP contribution in [0, 0.1) is 13.8 Å². The quantitative estimate of drug-likeness (QED) is 0.312. The van der Waals surface area contributed by atoms with E-state index >= 15 is 0 Å². The zero-order valence-corrected chi connectivity index (χ0v) is 20.4. The van der Waals surface area contributed by atoms with E-state index in [1.807, 2.05) is 86.6 Å². The van der Waals surface area contributed by atoms with Crippen molar-refractivity contribution in [2.24, 2.45) is 0 Å². The third-order valence-electron chi connectivity index (χ3n) is 5.65. The van der Waals surface area contributed by atoms with E-state index in [1.165, 1.54) is 0 Å². The first-order valence-corrected chi connectivity index (χ1v) is 11.6. The summed E-state index contributed by atoms with van der Waals surface area (Å²) in [6.45, 7) is 8.05. The van der Waals surface area contributed by atoms with Crippen molar-refractivity contribution in [3.63, 3.8) is 0 Å². The van der Waals surface area contributed by atoms with E-state index in [-0.39, 0.29) is 11.9 Å². The van der Waals surface area contributed by atoms with Crippen LogP contribution in [0.2, 0.25) is 5.02 Å². The zero-order valence-electron chi connectivity index (χ0n) is 19.7. The van der Waals surface area contributed by atoms with Gasteiger partial charge in [-0.15, -0.1) is 0 Å². The lowest BCUT2D eigenvalue weighted by Crippen LogP contribution is -2.23. The highest BCUT2D eigenvalue weighted by atomic mass is 35.5. The Balaban J connectivity index is 1.76. The minimum absolute atomic E-state index is 0.268. The molecule has 0 spiro atoms. The zero-order chi connectivity index (χ0) is 24.2. The minimum Gasteiger partial charge on any atom is -0.307 e. The summed E-state index contributed by atoms with van der Waals surface area (Å²) in [7, 11) is 0. The Morgan fingerprint density at radius 2 is 1.50 bits per heavy atom. The molecule has 5 nitrogen and oxygen atoms in total. The van der Waals surface area contributed by atoms with Gasteiger partial charge in [0.2, 0.25) is 0 Å². The van der Waals surface area contributed by atoms with Crippen molar-refractivity contribution in [3.05, 3.63) is 94.6 Å². The number of carbonyl (C=O) groups excluding carboxylic acids is 1. The maximum absolute atomic E-state index is 13.2. The van der Waals surface area contributed by atoms with Crippen molar-refractivity contribution in [1.29, 1.82) is 0 Å². The number of amides is 2. The summed E-state index contributed by atoms with van der Waals surface area (Å²) < 4.78 is 0. The second-order valence-corrected chi connectivity index (χ2v) is 8.88. The van der Waals surface area contributed by atoms with Crippen LogP contribution >= 0.6 is 11.6 Å². The summed E-state index contributed by atoms with van der Waals surface area (Å²) in [6.07, 6.45) is 0. The maximum Gasteiger partial charge on any atom is 0.323 e. The number of hydrogen-bond acceptors (Lipinski definition) is 3. The fourth-order valence-electron chi connectivity index (χ4n) is 3.89. The second kappa shape index (κ2) is 10.1. The lowest BCUT2D eigenvalue weighted by Gasteiger charge is -2.19. The predicted octanol–water partition coefficient (Wildman–Crippen LogP) is 7.85. The Morgan fingerprint density at radius 3 is 2.21 bits per heavy atom. The van der Waals surface area contributed by atoms with Crippen LogP contribution in [-0.4, -0.2) is 16.0 Å². The summed E-state index contributed by atoms with van der Waals surface area (Å²) in [5.41, 5.74) is 6.23. The van der Waals surface area contributed by atoms with Gasteiger partial charge in [-0.2, -0.15) is 0 Å². The van der Waals surface area contributed by atoms with Gasteiger partial charge >= 0.3 is 6.03 Å². The predicted molar refractivity (Wildman–Crippen MR) is 141 cm³/mol. The lowest BCUT2D eigenvalue weighted by atomic mass is 9.98. The van der Waals surface area contributed by atoms with Crippen LogP contribution < -0.4 is 10.6 Å². The Labute approximate surface area is 205 Å². The highest BCUT2D eigenvalue weighted by Gasteiger charge is 2.20. The number of carbonyl (C=O) groups is 1. The highest BCUT2D eigenvalue weighted by molar-refractivity contribution is 6.33. The van der Waals surface area contributed by atoms with Crippen molar-refractivity contribution in [2.45, 2.75) is 33.6 Å². The molecule has 34 heavy (non-hydrogen) atoms. The third-order valence-corrected chi connectivity index (χ3v) is 5.98. The van der Waals surface area contributed by atoms with Gasteiger partial charge < -0.3 is 10.6 Å². The first-order chi connectivity index (χ1) is 16.3. The van der Waals surface area contributed by atoms with Gasteiger partial charge in [0.1, 0.15) is 0 Å². The molecule has 0 saturated carbocycles. The molecule has 0 bridgehead atoms. The van der Waals surface area contributed by atoms with Gasteiger partial charge in [-0.05, 0) is 37.0 Å². The number of hydrogen-bond donors (Lipinski definition) is 2. The number of aryl methyl sites for hydroxylation is 2. The van der Waals surface area contributed by atoms with Gasteiger partial charge in [-0.25, -0.2) is 14.8 Å². The number of urea groups is 1. The van der Waals surface area contributed by atoms with E-state index in [2.05, 4.69) is 29.5 Å². The molecular formula is C28H27ClN4O. The van der Waals surface area contributed by atoms with E-state index in [0.29, 0.717) is 27.9 Å². The molecule has 6 heteroatoms. The SMILES string of the molecule is Cc1cccc(C(C)C)c1NC(=O)Nc1c(C)nc(-c2ccccc2)nc1-c1ccccc1Cl. The number of nitrogens with one attached hydrogen (secondary N) is 2. The molecule has 0 atom stereocenters. The topological polar surface area (TPSA) is 66.9 Å². The van der Waals surface area contributed by atoms with Crippen LogP contribution in [-0.2, 0) is 0 Å². The molecule has 1 aromatic heterocycles. The van der Waals surface area contributed by atoms with Crippen molar-refractivity contribution in [1.82, 2.24) is 9.97 Å². The van der Waals surface area contributed by atoms with Crippen molar-refractivity contribution >= 4 is 29.0 Å². The molecule has 3 aromatic carbocycles. The smallest absolute Gasteiger partial charge is 0.307 e. The summed E-state index contributed by atoms with van der Waals surface area (Å²) >= 11 is 6.54. The van der Waals surface area contributed by atoms with Gasteiger partial charge in [0.15, 0.2) is 5.82 Å². The highest BCUT2D eigenvalue weighted by Crippen LogP contribution is 2.35. The van der Waals surface area contributed by atoms with Crippen LogP contribution in [0.3, 0.4) is 0 Å². The molecule has 0 fully saturated rings. The Kier molecular flexibility index (Phi) is 6.94. The van der Waals surface area contributed by atoms with Gasteiger partial charge in [0, 0.05) is 16.8 Å². The molecule has 0 aliphatic rings. The monoisotopic (exact) mass is 470 g/mol. The molecule has 1 heterocycles. The minimum atomic E-state index is -0.358. The standard InChI is InChI=1S/C28H27ClN4O/c1-17(2)21-15-10-11-18(3)24(21)32-28(34)33-25-19(4)30-27(20-12-6-5-7-13-20)31-26(25)22-14-8-9-16-23(22)29/h5-17H,1-4H3,(H2,32,33,34). The first-order valence-electron chi connectivity index (χ1n) is 11.2. The molecule has 4 rings (SSSR count). The molecular weight excluding hydrogens is 444 g/mol. The summed E-state index contributed by atoms with van der Waals surface area (Å²) in [4.78, 5) is 22.7. The average Bonchev–Trinajstić information content (AvgIpc) is 2.82. The van der Waals surface area contributed by atoms with Crippen LogP contribution in [0.5, 0.6) is 0 Å². The van der Waals surface area contributed by atoms with Crippen molar-refractivity contribution in [3.8, 4) is 22.6 Å². The van der Waals surface area contributed by atoms with Crippen molar-refractivity contribution < 1.29 is 4.79 Å². The molecule has 2 N–H and O–H groups in total. The van der Waals surface area contributed by atoms with E-state index < -0.39 is 0 Å². The largest absolute Gasteiger partial charge is 0.323 e. The third kappa shape index (κ3) is 4.95. The number of anilines is 2. The molecule has 0 aliphatic heterocycles. The maximum atomic E-state index is 13.2. The van der Waals surface area contributed by atoms with E-state index in [9.17, 15) is 4.79 Å². The van der Waals surface area contributed by atoms with Gasteiger partial charge in [-0.1, -0.05) is 92.2 Å². The van der Waals surface area contributed by atoms with Crippen LogP contribution in [0.25, 0.3) is 22.6 Å². The fraction of sp³-hybridized carbons (Fsp3) is 0.179. The molecule has 0 saturated heterocycles. The molecule has 2 amide bonds. The summed E-state index contributed by atoms with van der Waals surface area (Å²) in [5.74, 6) is 0.837. The number of para-hydroxylation sites is 1. The number of rotatable bonds is 5. The summed E-state index contributed by atoms with van der Waals surface area (Å²) in [5, 5.41) is 6.57. The number of benzene rings is 3. The second-order valence-electron chi connectivity index (χ2n) is 8.48. The van der Waals surface area contributed by atoms with Crippen LogP contribution in [0.15, 0.2) is 72.8 Å². The first kappa shape index (κ1) is 23.5. The number of aromatic nitrogens is 2. The van der Waals surface area contributed by atoms with E-state index in [4.69, 9.17) is 16.6 Å². The average molecular weight is 471 g/mol. The molecule has 172 valence electrons.